The van der Waals surface area contributed by atoms with Gasteiger partial charge in [0.05, 0.1) is 33.2 Å². The van der Waals surface area contributed by atoms with E-state index in [1.54, 1.807) is 53.9 Å². The molecule has 5 saturated heterocycles. The number of carboxylic acid groups (broad SMARTS) is 1. The van der Waals surface area contributed by atoms with E-state index in [0.717, 1.165) is 123 Å². The van der Waals surface area contributed by atoms with Gasteiger partial charge in [0.1, 0.15) is 40.1 Å². The second-order valence-corrected chi connectivity index (χ2v) is 39.0. The van der Waals surface area contributed by atoms with Gasteiger partial charge < -0.3 is 99.6 Å². The van der Waals surface area contributed by atoms with Gasteiger partial charge in [0.2, 0.25) is 0 Å². The van der Waals surface area contributed by atoms with E-state index < -0.39 is 39.8 Å². The summed E-state index contributed by atoms with van der Waals surface area (Å²) >= 11 is 14.4. The molecule has 0 bridgehead atoms. The zero-order chi connectivity index (χ0) is 80.9. The average Bonchev–Trinajstić information content (AvgIpc) is 0.767. The van der Waals surface area contributed by atoms with Crippen LogP contribution in [0.5, 0.6) is 0 Å². The largest absolute Gasteiger partial charge is 1.00 e. The van der Waals surface area contributed by atoms with E-state index in [9.17, 15) is 42.9 Å². The van der Waals surface area contributed by atoms with Gasteiger partial charge in [-0.05, 0) is 213 Å². The fraction of sp³-hybridized carbons (Fsp3) is 0.816. The Morgan fingerprint density at radius 3 is 1.09 bits per heavy atom. The van der Waals surface area contributed by atoms with Crippen molar-refractivity contribution in [3.63, 3.8) is 0 Å². The molecule has 5 amide bonds. The molecule has 5 heterocycles. The lowest BCUT2D eigenvalue weighted by atomic mass is 9.57. The number of nitrogens with zero attached hydrogens (tertiary/aromatic N) is 7. The van der Waals surface area contributed by atoms with Crippen molar-refractivity contribution >= 4 is 90.9 Å². The Hall–Kier alpha value is -5.35. The number of allylic oxidation sites excluding steroid dienone is 2. The van der Waals surface area contributed by atoms with Crippen LogP contribution in [-0.2, 0) is 61.2 Å². The number of rotatable bonds is 12. The predicted octanol–water partition coefficient (Wildman–Crippen LogP) is 13.3. The fourth-order valence-electron chi connectivity index (χ4n) is 14.1. The Morgan fingerprint density at radius 1 is 0.556 bits per heavy atom. The molecule has 5 aliphatic carbocycles. The van der Waals surface area contributed by atoms with Crippen LogP contribution < -0.4 is 18.1 Å². The summed E-state index contributed by atoms with van der Waals surface area (Å²) in [5.41, 5.74) is 6.22. The monoisotopic (exact) mass is 1630 g/mol. The van der Waals surface area contributed by atoms with Gasteiger partial charge in [0.15, 0.2) is 6.20 Å². The van der Waals surface area contributed by atoms with Crippen LogP contribution in [0.3, 0.4) is 0 Å². The third-order valence-electron chi connectivity index (χ3n) is 18.2. The molecule has 0 unspecified atom stereocenters. The second-order valence-electron chi connectivity index (χ2n) is 34.7. The topological polar surface area (TPSA) is 308 Å². The smallest absolute Gasteiger partial charge is 0.410 e. The first-order valence-electron chi connectivity index (χ1n) is 36.5. The van der Waals surface area contributed by atoms with Crippen molar-refractivity contribution in [1.82, 2.24) is 24.5 Å². The van der Waals surface area contributed by atoms with E-state index in [-0.39, 0.29) is 78.9 Å². The average molecular weight is 1630 g/mol. The zero-order valence-electron chi connectivity index (χ0n) is 67.1. The molecule has 10 fully saturated rings. The van der Waals surface area contributed by atoms with E-state index >= 15 is 0 Å². The summed E-state index contributed by atoms with van der Waals surface area (Å²) in [5.74, 6) is 0.450. The number of amides is 5. The molecule has 32 heteroatoms. The van der Waals surface area contributed by atoms with Crippen molar-refractivity contribution in [2.45, 2.75) is 241 Å². The van der Waals surface area contributed by atoms with Gasteiger partial charge in [0, 0.05) is 125 Å². The SMILES string of the molecule is C.CC(C)(C)OC(=O)N1CC2(CC(=O)C2)C1.CC(C)(C)OC(=O)N1CC2(CC(C=O)C2)C1.CC(C)(C)OC(=O)N1CC2(CC(CCCN)C2)C1.CCOC.COC=C1CC2(C1)CN(C(=O)OC(C)(C)C)C2.O=C(O)C(Cl)(Cl)Cl.[C-]#[N+]/C=C/C1CC2(C1)CN(C(=O)OC(C)(C)C)C2.[C-]#[N+]CP(=O)(OCC)OCC.[Cl-]. The first-order valence-corrected chi connectivity index (χ1v) is 39.4. The van der Waals surface area contributed by atoms with E-state index in [1.165, 1.54) is 24.8 Å². The molecular weight excluding hydrogens is 1500 g/mol. The molecule has 0 aromatic carbocycles. The first kappa shape index (κ1) is 101. The Bertz CT molecular complexity index is 3090. The van der Waals surface area contributed by atoms with Gasteiger partial charge >= 0.3 is 50.3 Å². The van der Waals surface area contributed by atoms with Crippen molar-refractivity contribution < 1.29 is 103 Å². The summed E-state index contributed by atoms with van der Waals surface area (Å²) < 4.78 is 54.9. The first-order chi connectivity index (χ1) is 48.7. The maximum atomic E-state index is 11.8. The van der Waals surface area contributed by atoms with Crippen LogP contribution in [0, 0.1) is 58.0 Å². The van der Waals surface area contributed by atoms with E-state index in [2.05, 4.69) is 14.4 Å². The maximum Gasteiger partial charge on any atom is 0.410 e. The number of aldehydes is 1. The lowest BCUT2D eigenvalue weighted by molar-refractivity contribution is -0.144. The summed E-state index contributed by atoms with van der Waals surface area (Å²) in [6, 6.07) is 0. The van der Waals surface area contributed by atoms with Crippen molar-refractivity contribution in [2.75, 3.05) is 112 Å². The Kier molecular flexibility index (Phi) is 39.1. The van der Waals surface area contributed by atoms with Crippen LogP contribution in [0.1, 0.15) is 209 Å². The number of likely N-dealkylation sites (tertiary alicyclic amines) is 5. The molecule has 108 heavy (non-hydrogen) atoms. The number of carbonyl (C=O) groups excluding carboxylic acids is 7. The summed E-state index contributed by atoms with van der Waals surface area (Å²) in [4.78, 5) is 105. The van der Waals surface area contributed by atoms with Gasteiger partial charge in [-0.25, -0.2) is 40.2 Å². The molecule has 620 valence electrons. The molecule has 10 rings (SSSR count). The summed E-state index contributed by atoms with van der Waals surface area (Å²) in [7, 11) is 0.279. The van der Waals surface area contributed by atoms with Gasteiger partial charge in [0.25, 0.3) is 3.79 Å². The van der Waals surface area contributed by atoms with Crippen molar-refractivity contribution in [2.24, 2.45) is 50.6 Å². The standard InChI is InChI=1S/C14H20N2O2.C14H26N2O2.C13H21NO3.C12H19NO3.C11H17NO3.C6H12NO3P.C3H8O.C2HCl3O2.CH4.ClH/c1-13(2,3)18-12(17)16-9-14(10-16)7-11(8-14)5-6-15-4;1-13(2,3)18-12(17)16-9-14(10-16)7-11(8-14)5-4-6-15;1-12(2,3)17-11(15)14-8-13(9-14)5-10(6-13)7-16-4;1-11(2,3)16-10(15)13-7-12(8-13)4-9(5-12)6-14;1-10(2,3)15-9(14)12-6-11(7-12)4-8(13)5-11;1-4-9-11(8,6-7-3)10-5-2;1-3-4-2;3-2(4,5)1(6)7;;/h5-6,11H,7-10H2,1-3H3;11H,4-10,15H2,1-3H3;7H,5-6,8-9H2,1-4H3;6,9H,4-5,7-8H2,1-3H3;4-7H2,1-3H3;4-6H2,1-2H3;3H2,1-2H3;(H,6,7);1H4;1H/p-1/b6-5+;;;;;;;;;. The number of alkyl halides is 3. The van der Waals surface area contributed by atoms with Crippen molar-refractivity contribution in [1.29, 1.82) is 0 Å². The minimum absolute atomic E-state index is 0. The van der Waals surface area contributed by atoms with Crippen LogP contribution >= 0.6 is 42.4 Å². The van der Waals surface area contributed by atoms with Crippen molar-refractivity contribution in [3.8, 4) is 0 Å². The van der Waals surface area contributed by atoms with Gasteiger partial charge in [-0.2, -0.15) is 0 Å². The predicted molar refractivity (Wildman–Crippen MR) is 413 cm³/mol. The van der Waals surface area contributed by atoms with Crippen LogP contribution in [0.25, 0.3) is 9.69 Å². The Morgan fingerprint density at radius 2 is 0.852 bits per heavy atom. The van der Waals surface area contributed by atoms with E-state index in [1.807, 2.05) is 128 Å². The number of aliphatic carboxylic acids is 1. The molecule has 0 radical (unpaired) electrons. The molecule has 5 aliphatic heterocycles. The molecule has 3 N–H and O–H groups in total. The second kappa shape index (κ2) is 42.0. The van der Waals surface area contributed by atoms with Crippen LogP contribution in [-0.4, -0.2) is 222 Å². The summed E-state index contributed by atoms with van der Waals surface area (Å²) in [6.07, 6.45) is 17.6. The van der Waals surface area contributed by atoms with E-state index in [4.69, 9.17) is 96.3 Å². The summed E-state index contributed by atoms with van der Waals surface area (Å²) in [6.45, 7) is 57.0. The lowest BCUT2D eigenvalue weighted by Gasteiger charge is -2.59. The number of hydrogen-bond acceptors (Lipinski definition) is 19. The lowest BCUT2D eigenvalue weighted by Crippen LogP contribution is -3.00. The van der Waals surface area contributed by atoms with Crippen molar-refractivity contribution in [3.05, 3.63) is 46.9 Å². The summed E-state index contributed by atoms with van der Waals surface area (Å²) in [5, 5.41) is 7.85. The molecule has 0 aromatic heterocycles. The molecule has 0 atom stereocenters. The maximum absolute atomic E-state index is 11.8. The highest BCUT2D eigenvalue weighted by atomic mass is 35.6. The zero-order valence-corrected chi connectivity index (χ0v) is 71.0. The number of Topliss-reactive ketones (excluding diaryl/α,β-unsaturated/α-hetero) is 1. The normalized spacial score (nSPS) is 20.3. The molecule has 5 spiro atoms. The molecular formula is C76H128Cl4N8O19P-. The molecule has 10 aliphatic rings. The highest BCUT2D eigenvalue weighted by molar-refractivity contribution is 7.54. The number of ketones is 1. The van der Waals surface area contributed by atoms with E-state index in [0.29, 0.717) is 67.1 Å². The highest BCUT2D eigenvalue weighted by Crippen LogP contribution is 2.56. The number of halogens is 4. The Labute approximate surface area is 665 Å². The number of hydrogen-bond donors (Lipinski definition) is 2. The molecule has 0 aromatic rings. The number of carboxylic acids is 1. The third kappa shape index (κ3) is 33.9. The minimum atomic E-state index is -3.07. The number of ether oxygens (including phenoxy) is 7. The Balaban J connectivity index is 0.000000631. The number of methoxy groups -OCH3 is 2. The van der Waals surface area contributed by atoms with Gasteiger partial charge in [-0.3, -0.25) is 9.36 Å². The van der Waals surface area contributed by atoms with Gasteiger partial charge in [-0.1, -0.05) is 48.3 Å². The third-order valence-corrected chi connectivity index (χ3v) is 20.5. The van der Waals surface area contributed by atoms with Crippen LogP contribution in [0.15, 0.2) is 24.1 Å². The number of nitrogens with two attached hydrogens (primary N) is 1. The quantitative estimate of drug-likeness (QED) is 0.0458. The molecule has 27 nitrogen and oxygen atoms in total. The van der Waals surface area contributed by atoms with Crippen LogP contribution in [0.2, 0.25) is 0 Å². The fourth-order valence-corrected chi connectivity index (χ4v) is 15.3. The highest BCUT2D eigenvalue weighted by Gasteiger charge is 2.58. The minimum Gasteiger partial charge on any atom is -1.00 e. The molecule has 5 saturated carbocycles. The number of carbonyl (C=O) groups is 8. The van der Waals surface area contributed by atoms with Gasteiger partial charge in [-0.15, -0.1) is 0 Å². The van der Waals surface area contributed by atoms with Crippen LogP contribution in [0.4, 0.5) is 24.0 Å².